The molecule has 1 N–H and O–H groups in total. The quantitative estimate of drug-likeness (QED) is 0.796. The van der Waals surface area contributed by atoms with Crippen LogP contribution in [0.5, 0.6) is 5.75 Å². The normalized spacial score (nSPS) is 19.9. The molecule has 1 atom stereocenters. The molecule has 0 saturated heterocycles. The van der Waals surface area contributed by atoms with Gasteiger partial charge in [0, 0.05) is 15.9 Å². The van der Waals surface area contributed by atoms with Crippen molar-refractivity contribution in [2.45, 2.75) is 23.6 Å². The van der Waals surface area contributed by atoms with Crippen molar-refractivity contribution in [1.29, 1.82) is 0 Å². The van der Waals surface area contributed by atoms with E-state index in [1.807, 2.05) is 32.0 Å². The summed E-state index contributed by atoms with van der Waals surface area (Å²) in [7, 11) is 0. The molecule has 3 rings (SSSR count). The molecule has 0 radical (unpaired) electrons. The molecule has 1 aromatic carbocycles. The van der Waals surface area contributed by atoms with E-state index in [1.54, 1.807) is 17.8 Å². The van der Waals surface area contributed by atoms with Gasteiger partial charge < -0.3 is 14.8 Å². The first-order valence-electron chi connectivity index (χ1n) is 7.12. The lowest BCUT2D eigenvalue weighted by Gasteiger charge is -2.28. The number of benzene rings is 1. The van der Waals surface area contributed by atoms with E-state index in [2.05, 4.69) is 21.2 Å². The average molecular weight is 382 g/mol. The van der Waals surface area contributed by atoms with Crippen molar-refractivity contribution >= 4 is 39.2 Å². The molecule has 2 aliphatic rings. The maximum Gasteiger partial charge on any atom is 0.216 e. The number of carbonyl (C=O) groups is 1. The number of ether oxygens (including phenoxy) is 2. The highest BCUT2D eigenvalue weighted by Gasteiger charge is 2.34. The number of allylic oxidation sites excluding steroid dienone is 3. The zero-order chi connectivity index (χ0) is 15.7. The van der Waals surface area contributed by atoms with Gasteiger partial charge in [-0.3, -0.25) is 4.79 Å². The lowest BCUT2D eigenvalue weighted by atomic mass is 10.1. The van der Waals surface area contributed by atoms with Gasteiger partial charge in [-0.15, -0.1) is 0 Å². The molecule has 1 aliphatic carbocycles. The van der Waals surface area contributed by atoms with Gasteiger partial charge in [-0.1, -0.05) is 27.7 Å². The number of hydrogen-bond acceptors (Lipinski definition) is 5. The van der Waals surface area contributed by atoms with E-state index in [-0.39, 0.29) is 10.6 Å². The third-order valence-corrected chi connectivity index (χ3v) is 5.71. The van der Waals surface area contributed by atoms with Crippen molar-refractivity contribution in [3.63, 3.8) is 0 Å². The first kappa shape index (κ1) is 15.5. The summed E-state index contributed by atoms with van der Waals surface area (Å²) >= 11 is 5.07. The number of carbonyl (C=O) groups excluding carboxylic acids is 1. The lowest BCUT2D eigenvalue weighted by molar-refractivity contribution is -0.117. The second kappa shape index (κ2) is 6.38. The van der Waals surface area contributed by atoms with Crippen molar-refractivity contribution < 1.29 is 14.3 Å². The summed E-state index contributed by atoms with van der Waals surface area (Å²) in [6, 6.07) is 5.92. The van der Waals surface area contributed by atoms with Gasteiger partial charge in [-0.2, -0.15) is 0 Å². The predicted octanol–water partition coefficient (Wildman–Crippen LogP) is 4.08. The van der Waals surface area contributed by atoms with Crippen molar-refractivity contribution in [2.24, 2.45) is 0 Å². The molecule has 1 unspecified atom stereocenters. The molecule has 6 heteroatoms. The van der Waals surface area contributed by atoms with Gasteiger partial charge in [0.25, 0.3) is 0 Å². The largest absolute Gasteiger partial charge is 0.494 e. The minimum absolute atomic E-state index is 0.0423. The average Bonchev–Trinajstić information content (AvgIpc) is 2.52. The first-order valence-corrected chi connectivity index (χ1v) is 8.86. The molecular formula is C16H16BrNO3S. The molecule has 1 aliphatic heterocycles. The van der Waals surface area contributed by atoms with Gasteiger partial charge in [0.15, 0.2) is 5.76 Å². The molecule has 0 fully saturated rings. The first-order chi connectivity index (χ1) is 10.6. The summed E-state index contributed by atoms with van der Waals surface area (Å²) in [5, 5.41) is 3.37. The molecule has 0 aromatic heterocycles. The number of thioether (sulfide) groups is 1. The molecule has 22 heavy (non-hydrogen) atoms. The van der Waals surface area contributed by atoms with Gasteiger partial charge in [0.2, 0.25) is 5.78 Å². The van der Waals surface area contributed by atoms with Crippen molar-refractivity contribution in [3.8, 4) is 5.75 Å². The Morgan fingerprint density at radius 1 is 1.27 bits per heavy atom. The molecule has 0 amide bonds. The number of rotatable bonds is 4. The van der Waals surface area contributed by atoms with Gasteiger partial charge in [-0.25, -0.2) is 0 Å². The Hall–Kier alpha value is -1.40. The maximum atomic E-state index is 12.3. The van der Waals surface area contributed by atoms with Crippen LogP contribution in [0.15, 0.2) is 45.5 Å². The Bertz CT molecular complexity index is 684. The summed E-state index contributed by atoms with van der Waals surface area (Å²) in [5.74, 6) is 1.18. The minimum Gasteiger partial charge on any atom is -0.494 e. The fourth-order valence-electron chi connectivity index (χ4n) is 2.34. The molecule has 4 nitrogen and oxygen atoms in total. The Balaban J connectivity index is 1.94. The summed E-state index contributed by atoms with van der Waals surface area (Å²) in [6.07, 6.45) is 1.78. The topological polar surface area (TPSA) is 47.6 Å². The van der Waals surface area contributed by atoms with Crippen LogP contribution >= 0.6 is 27.7 Å². The van der Waals surface area contributed by atoms with Crippen molar-refractivity contribution in [3.05, 3.63) is 40.6 Å². The molecule has 1 aromatic rings. The van der Waals surface area contributed by atoms with E-state index in [0.717, 1.165) is 26.9 Å². The number of hydrogen-bond donors (Lipinski definition) is 1. The summed E-state index contributed by atoms with van der Waals surface area (Å²) in [5.41, 5.74) is 1.92. The molecule has 1 heterocycles. The summed E-state index contributed by atoms with van der Waals surface area (Å²) in [4.78, 5) is 13.9. The van der Waals surface area contributed by atoms with Crippen LogP contribution in [-0.4, -0.2) is 23.8 Å². The number of anilines is 1. The van der Waals surface area contributed by atoms with E-state index >= 15 is 0 Å². The third kappa shape index (κ3) is 2.77. The molecule has 116 valence electrons. The Morgan fingerprint density at radius 3 is 2.77 bits per heavy atom. The second-order valence-corrected chi connectivity index (χ2v) is 6.76. The fraction of sp³-hybridized carbons (Fsp3) is 0.312. The maximum absolute atomic E-state index is 12.3. The number of nitrogens with one attached hydrogen (secondary N) is 1. The van der Waals surface area contributed by atoms with Crippen LogP contribution in [0.4, 0.5) is 5.69 Å². The molecule has 0 bridgehead atoms. The Labute approximate surface area is 142 Å². The number of halogens is 1. The van der Waals surface area contributed by atoms with Gasteiger partial charge >= 0.3 is 0 Å². The number of ketones is 1. The van der Waals surface area contributed by atoms with E-state index < -0.39 is 0 Å². The summed E-state index contributed by atoms with van der Waals surface area (Å²) < 4.78 is 11.0. The highest BCUT2D eigenvalue weighted by atomic mass is 79.9. The van der Waals surface area contributed by atoms with Crippen molar-refractivity contribution in [2.75, 3.05) is 18.5 Å². The van der Waals surface area contributed by atoms with Crippen LogP contribution in [0.1, 0.15) is 13.8 Å². The minimum atomic E-state index is -0.379. The number of fused-ring (bicyclic) bond motifs is 1. The zero-order valence-corrected chi connectivity index (χ0v) is 14.7. The Morgan fingerprint density at radius 2 is 2.05 bits per heavy atom. The van der Waals surface area contributed by atoms with E-state index in [0.29, 0.717) is 19.0 Å². The van der Waals surface area contributed by atoms with E-state index in [9.17, 15) is 4.79 Å². The third-order valence-electron chi connectivity index (χ3n) is 3.30. The van der Waals surface area contributed by atoms with Gasteiger partial charge in [-0.05, 0) is 32.0 Å². The zero-order valence-electron chi connectivity index (χ0n) is 12.3. The monoisotopic (exact) mass is 381 g/mol. The van der Waals surface area contributed by atoms with Crippen LogP contribution in [-0.2, 0) is 9.53 Å². The van der Waals surface area contributed by atoms with Crippen molar-refractivity contribution in [1.82, 2.24) is 0 Å². The van der Waals surface area contributed by atoms with Crippen LogP contribution in [0.25, 0.3) is 0 Å². The fourth-order valence-corrected chi connectivity index (χ4v) is 4.16. The van der Waals surface area contributed by atoms with Crippen LogP contribution in [0.3, 0.4) is 0 Å². The van der Waals surface area contributed by atoms with E-state index in [1.165, 1.54) is 0 Å². The van der Waals surface area contributed by atoms with Crippen LogP contribution in [0.2, 0.25) is 0 Å². The van der Waals surface area contributed by atoms with Crippen LogP contribution in [0, 0.1) is 0 Å². The molecule has 0 saturated carbocycles. The predicted molar refractivity (Wildman–Crippen MR) is 91.5 cm³/mol. The standard InChI is InChI=1S/C16H16BrNO3S/c1-3-20-9-5-6-10-13(7-9)22-16-11(18-10)8-12(21-4-2)15(19)14(16)17/h5-8,14,18H,3-4H2,1-2H3. The summed E-state index contributed by atoms with van der Waals surface area (Å²) in [6.45, 7) is 4.93. The highest BCUT2D eigenvalue weighted by molar-refractivity contribution is 9.10. The number of Topliss-reactive ketones (excluding diaryl/α,β-unsaturated/α-hetero) is 1. The van der Waals surface area contributed by atoms with Gasteiger partial charge in [0.1, 0.15) is 10.6 Å². The van der Waals surface area contributed by atoms with Crippen LogP contribution < -0.4 is 10.1 Å². The second-order valence-electron chi connectivity index (χ2n) is 4.76. The van der Waals surface area contributed by atoms with E-state index in [4.69, 9.17) is 9.47 Å². The lowest BCUT2D eigenvalue weighted by Crippen LogP contribution is -2.27. The molecular weight excluding hydrogens is 366 g/mol. The van der Waals surface area contributed by atoms with Gasteiger partial charge in [0.05, 0.1) is 24.6 Å². The Kier molecular flexibility index (Phi) is 4.49. The highest BCUT2D eigenvalue weighted by Crippen LogP contribution is 2.46. The SMILES string of the molecule is CCOC1=CC2=C(Sc3cc(OCC)ccc3N2)C(Br)C1=O. The number of alkyl halides is 1. The smallest absolute Gasteiger partial charge is 0.216 e. The molecule has 0 spiro atoms.